The average Bonchev–Trinajstić information content (AvgIpc) is 2.68. The summed E-state index contributed by atoms with van der Waals surface area (Å²) < 4.78 is 0. The van der Waals surface area contributed by atoms with E-state index in [0.29, 0.717) is 18.8 Å². The summed E-state index contributed by atoms with van der Waals surface area (Å²) in [7, 11) is 2.78. The highest BCUT2D eigenvalue weighted by Gasteiger charge is 2.64. The lowest BCUT2D eigenvalue weighted by molar-refractivity contribution is -0.161. The van der Waals surface area contributed by atoms with E-state index in [4.69, 9.17) is 5.73 Å². The lowest BCUT2D eigenvalue weighted by Gasteiger charge is -2.56. The van der Waals surface area contributed by atoms with Gasteiger partial charge in [0.05, 0.1) is 6.04 Å². The van der Waals surface area contributed by atoms with E-state index in [-0.39, 0.29) is 18.9 Å². The largest absolute Gasteiger partial charge is 0.399 e. The van der Waals surface area contributed by atoms with E-state index in [1.54, 1.807) is 17.0 Å². The molecule has 2 fully saturated rings. The molecule has 0 bridgehead atoms. The van der Waals surface area contributed by atoms with E-state index in [9.17, 15) is 19.2 Å². The number of piperazine rings is 1. The number of hydrogen-bond donors (Lipinski definition) is 1. The van der Waals surface area contributed by atoms with Crippen LogP contribution < -0.4 is 10.6 Å². The van der Waals surface area contributed by atoms with Crippen molar-refractivity contribution in [1.29, 1.82) is 0 Å². The molecule has 0 aliphatic carbocycles. The fraction of sp³-hybridized carbons (Fsp3) is 0.474. The average molecular weight is 385 g/mol. The standard InChI is InChI=1S/C19H23N5O4/c1-11(25)23-6-7-24-14-5-4-13(20)8-12(14)9-19(15(24)10-23)16(26)21(2)18(28)22(3)17(19)27/h4-5,8,15H,6-7,9-10,20H2,1-3H3/t15-/m1/s1. The lowest BCUT2D eigenvalue weighted by atomic mass is 9.67. The number of imide groups is 2. The van der Waals surface area contributed by atoms with Crippen LogP contribution in [-0.2, 0) is 20.8 Å². The van der Waals surface area contributed by atoms with Gasteiger partial charge in [-0.3, -0.25) is 24.2 Å². The summed E-state index contributed by atoms with van der Waals surface area (Å²) in [6, 6.07) is 4.26. The molecule has 148 valence electrons. The molecule has 1 spiro atoms. The van der Waals surface area contributed by atoms with Crippen molar-refractivity contribution < 1.29 is 19.2 Å². The Labute approximate surface area is 162 Å². The first-order valence-corrected chi connectivity index (χ1v) is 9.19. The van der Waals surface area contributed by atoms with Crippen LogP contribution in [0.1, 0.15) is 12.5 Å². The number of urea groups is 1. The minimum absolute atomic E-state index is 0.105. The summed E-state index contributed by atoms with van der Waals surface area (Å²) in [5.74, 6) is -1.17. The van der Waals surface area contributed by atoms with E-state index in [1.165, 1.54) is 21.0 Å². The topological polar surface area (TPSA) is 107 Å². The number of hydrogen-bond acceptors (Lipinski definition) is 6. The van der Waals surface area contributed by atoms with Crippen molar-refractivity contribution in [2.75, 3.05) is 44.4 Å². The van der Waals surface area contributed by atoms with Gasteiger partial charge in [-0.15, -0.1) is 0 Å². The fourth-order valence-corrected chi connectivity index (χ4v) is 4.75. The highest BCUT2D eigenvalue weighted by atomic mass is 16.2. The van der Waals surface area contributed by atoms with Crippen LogP contribution >= 0.6 is 0 Å². The fourth-order valence-electron chi connectivity index (χ4n) is 4.75. The first-order valence-electron chi connectivity index (χ1n) is 9.19. The number of carbonyl (C=O) groups excluding carboxylic acids is 4. The van der Waals surface area contributed by atoms with Gasteiger partial charge in [0.2, 0.25) is 17.7 Å². The molecule has 0 unspecified atom stereocenters. The predicted octanol–water partition coefficient (Wildman–Crippen LogP) is -0.101. The van der Waals surface area contributed by atoms with Gasteiger partial charge in [0.15, 0.2) is 5.41 Å². The molecule has 9 nitrogen and oxygen atoms in total. The number of anilines is 2. The van der Waals surface area contributed by atoms with E-state index >= 15 is 0 Å². The summed E-state index contributed by atoms with van der Waals surface area (Å²) in [5, 5.41) is 0. The molecule has 9 heteroatoms. The highest BCUT2D eigenvalue weighted by Crippen LogP contribution is 2.47. The third-order valence-corrected chi connectivity index (χ3v) is 6.22. The van der Waals surface area contributed by atoms with Gasteiger partial charge in [-0.1, -0.05) is 0 Å². The zero-order chi connectivity index (χ0) is 20.4. The molecule has 1 aromatic rings. The molecule has 3 heterocycles. The molecule has 2 saturated heterocycles. The van der Waals surface area contributed by atoms with Gasteiger partial charge in [0.25, 0.3) is 0 Å². The summed E-state index contributed by atoms with van der Waals surface area (Å²) in [4.78, 5) is 56.8. The number of nitrogen functional groups attached to an aromatic ring is 1. The van der Waals surface area contributed by atoms with Gasteiger partial charge in [0.1, 0.15) is 0 Å². The second-order valence-electron chi connectivity index (χ2n) is 7.72. The third kappa shape index (κ3) is 2.25. The van der Waals surface area contributed by atoms with Crippen LogP contribution in [0.4, 0.5) is 16.2 Å². The summed E-state index contributed by atoms with van der Waals surface area (Å²) in [6.07, 6.45) is 0.139. The Balaban J connectivity index is 1.91. The number of barbiturate groups is 1. The zero-order valence-corrected chi connectivity index (χ0v) is 16.1. The maximum atomic E-state index is 13.4. The van der Waals surface area contributed by atoms with Gasteiger partial charge < -0.3 is 15.5 Å². The Morgan fingerprint density at radius 2 is 1.75 bits per heavy atom. The van der Waals surface area contributed by atoms with Crippen molar-refractivity contribution in [3.05, 3.63) is 23.8 Å². The maximum absolute atomic E-state index is 13.4. The molecule has 4 rings (SSSR count). The first-order chi connectivity index (χ1) is 13.2. The smallest absolute Gasteiger partial charge is 0.332 e. The molecule has 0 radical (unpaired) electrons. The van der Waals surface area contributed by atoms with Crippen molar-refractivity contribution in [3.63, 3.8) is 0 Å². The second-order valence-corrected chi connectivity index (χ2v) is 7.72. The number of amides is 5. The number of rotatable bonds is 0. The van der Waals surface area contributed by atoms with E-state index in [2.05, 4.69) is 0 Å². The van der Waals surface area contributed by atoms with E-state index < -0.39 is 29.3 Å². The molecule has 3 aliphatic heterocycles. The number of benzene rings is 1. The molecule has 1 atom stereocenters. The molecule has 3 aliphatic rings. The molecule has 0 saturated carbocycles. The normalized spacial score (nSPS) is 23.8. The van der Waals surface area contributed by atoms with Crippen LogP contribution in [0.2, 0.25) is 0 Å². The van der Waals surface area contributed by atoms with Crippen molar-refractivity contribution >= 4 is 35.1 Å². The first kappa shape index (κ1) is 18.3. The third-order valence-electron chi connectivity index (χ3n) is 6.22. The quantitative estimate of drug-likeness (QED) is 0.494. The molecular weight excluding hydrogens is 362 g/mol. The van der Waals surface area contributed by atoms with Crippen LogP contribution in [0.3, 0.4) is 0 Å². The minimum atomic E-state index is -1.48. The van der Waals surface area contributed by atoms with Crippen molar-refractivity contribution in [1.82, 2.24) is 14.7 Å². The van der Waals surface area contributed by atoms with Gasteiger partial charge in [-0.25, -0.2) is 4.79 Å². The number of carbonyl (C=O) groups is 4. The number of fused-ring (bicyclic) bond motifs is 4. The van der Waals surface area contributed by atoms with Crippen LogP contribution in [-0.4, -0.2) is 78.2 Å². The number of nitrogens with zero attached hydrogens (tertiary/aromatic N) is 4. The van der Waals surface area contributed by atoms with Crippen LogP contribution in [0.5, 0.6) is 0 Å². The second kappa shape index (κ2) is 5.95. The molecule has 5 amide bonds. The minimum Gasteiger partial charge on any atom is -0.399 e. The Morgan fingerprint density at radius 3 is 2.36 bits per heavy atom. The summed E-state index contributed by atoms with van der Waals surface area (Å²) >= 11 is 0. The van der Waals surface area contributed by atoms with Crippen molar-refractivity contribution in [2.24, 2.45) is 5.41 Å². The van der Waals surface area contributed by atoms with Gasteiger partial charge in [-0.05, 0) is 30.2 Å². The van der Waals surface area contributed by atoms with Gasteiger partial charge >= 0.3 is 6.03 Å². The molecule has 0 aromatic heterocycles. The number of nitrogens with two attached hydrogens (primary N) is 1. The molecule has 28 heavy (non-hydrogen) atoms. The van der Waals surface area contributed by atoms with Crippen molar-refractivity contribution in [2.45, 2.75) is 19.4 Å². The summed E-state index contributed by atoms with van der Waals surface area (Å²) in [5.41, 5.74) is 6.73. The Morgan fingerprint density at radius 1 is 1.11 bits per heavy atom. The SMILES string of the molecule is CC(=O)N1CCN2c3ccc(N)cc3CC3(C(=O)N(C)C(=O)N(C)C3=O)[C@H]2C1. The predicted molar refractivity (Wildman–Crippen MR) is 101 cm³/mol. The van der Waals surface area contributed by atoms with Gasteiger partial charge in [-0.2, -0.15) is 0 Å². The monoisotopic (exact) mass is 385 g/mol. The van der Waals surface area contributed by atoms with Crippen LogP contribution in [0, 0.1) is 5.41 Å². The Kier molecular flexibility index (Phi) is 3.88. The van der Waals surface area contributed by atoms with Crippen molar-refractivity contribution in [3.8, 4) is 0 Å². The van der Waals surface area contributed by atoms with E-state index in [0.717, 1.165) is 21.1 Å². The highest BCUT2D eigenvalue weighted by molar-refractivity contribution is 6.20. The maximum Gasteiger partial charge on any atom is 0.332 e. The van der Waals surface area contributed by atoms with Crippen LogP contribution in [0.25, 0.3) is 0 Å². The lowest BCUT2D eigenvalue weighted by Crippen LogP contribution is -2.74. The Bertz CT molecular complexity index is 890. The summed E-state index contributed by atoms with van der Waals surface area (Å²) in [6.45, 7) is 2.71. The van der Waals surface area contributed by atoms with Crippen LogP contribution in [0.15, 0.2) is 18.2 Å². The molecule has 1 aromatic carbocycles. The van der Waals surface area contributed by atoms with E-state index in [1.807, 2.05) is 11.0 Å². The zero-order valence-electron chi connectivity index (χ0n) is 16.1. The van der Waals surface area contributed by atoms with Gasteiger partial charge in [0, 0.05) is 52.0 Å². The molecular formula is C19H23N5O4. The molecule has 2 N–H and O–H groups in total. The Hall–Kier alpha value is -3.10.